The van der Waals surface area contributed by atoms with Crippen LogP contribution >= 0.6 is 11.6 Å². The Morgan fingerprint density at radius 2 is 2.27 bits per heavy atom. The van der Waals surface area contributed by atoms with Crippen LogP contribution in [-0.4, -0.2) is 29.1 Å². The Labute approximate surface area is 94.5 Å². The summed E-state index contributed by atoms with van der Waals surface area (Å²) in [7, 11) is 0. The topological polar surface area (TPSA) is 49.8 Å². The summed E-state index contributed by atoms with van der Waals surface area (Å²) in [5, 5.41) is 7.21. The highest BCUT2D eigenvalue weighted by Gasteiger charge is 2.19. The van der Waals surface area contributed by atoms with Crippen molar-refractivity contribution in [1.82, 2.24) is 15.3 Å². The molecule has 5 heteroatoms. The van der Waals surface area contributed by atoms with Crippen LogP contribution in [0.15, 0.2) is 12.5 Å². The third kappa shape index (κ3) is 3.64. The minimum Gasteiger partial charge on any atom is -0.369 e. The first-order valence-corrected chi connectivity index (χ1v) is 5.67. The van der Waals surface area contributed by atoms with Crippen molar-refractivity contribution in [3.05, 3.63) is 17.5 Å². The summed E-state index contributed by atoms with van der Waals surface area (Å²) in [5.74, 6) is 0.720. The Morgan fingerprint density at radius 1 is 1.40 bits per heavy atom. The van der Waals surface area contributed by atoms with E-state index in [2.05, 4.69) is 20.6 Å². The molecule has 1 saturated carbocycles. The van der Waals surface area contributed by atoms with Gasteiger partial charge in [-0.1, -0.05) is 11.6 Å². The van der Waals surface area contributed by atoms with Crippen LogP contribution in [0.3, 0.4) is 0 Å². The van der Waals surface area contributed by atoms with Gasteiger partial charge in [0.05, 0.1) is 6.20 Å². The molecule has 0 unspecified atom stereocenters. The molecule has 1 heterocycles. The molecule has 0 amide bonds. The molecule has 0 spiro atoms. The van der Waals surface area contributed by atoms with Gasteiger partial charge in [0.25, 0.3) is 0 Å². The van der Waals surface area contributed by atoms with Crippen molar-refractivity contribution in [3.63, 3.8) is 0 Å². The Balaban J connectivity index is 1.62. The van der Waals surface area contributed by atoms with Crippen LogP contribution in [0.2, 0.25) is 5.02 Å². The third-order valence-electron chi connectivity index (χ3n) is 2.32. The van der Waals surface area contributed by atoms with Crippen LogP contribution in [0.5, 0.6) is 0 Å². The van der Waals surface area contributed by atoms with E-state index in [0.29, 0.717) is 5.02 Å². The minimum absolute atomic E-state index is 0.577. The highest BCUT2D eigenvalue weighted by atomic mass is 35.5. The number of nitrogens with zero attached hydrogens (tertiary/aromatic N) is 2. The van der Waals surface area contributed by atoms with Crippen molar-refractivity contribution in [2.75, 3.05) is 18.4 Å². The van der Waals surface area contributed by atoms with Gasteiger partial charge < -0.3 is 10.6 Å². The highest BCUT2D eigenvalue weighted by Crippen LogP contribution is 2.18. The molecule has 2 N–H and O–H groups in total. The number of nitrogens with one attached hydrogen (secondary N) is 2. The van der Waals surface area contributed by atoms with Crippen LogP contribution in [0, 0.1) is 0 Å². The van der Waals surface area contributed by atoms with E-state index in [9.17, 15) is 0 Å². The zero-order chi connectivity index (χ0) is 10.5. The van der Waals surface area contributed by atoms with Gasteiger partial charge >= 0.3 is 0 Å². The van der Waals surface area contributed by atoms with Gasteiger partial charge in [-0.2, -0.15) is 0 Å². The molecular formula is C10H15ClN4. The van der Waals surface area contributed by atoms with Gasteiger partial charge in [0.2, 0.25) is 0 Å². The van der Waals surface area contributed by atoms with Crippen molar-refractivity contribution in [2.45, 2.75) is 25.3 Å². The van der Waals surface area contributed by atoms with E-state index < -0.39 is 0 Å². The fourth-order valence-electron chi connectivity index (χ4n) is 1.33. The summed E-state index contributed by atoms with van der Waals surface area (Å²) in [5.41, 5.74) is 0. The molecule has 1 aromatic rings. The van der Waals surface area contributed by atoms with Gasteiger partial charge in [0.1, 0.15) is 17.2 Å². The lowest BCUT2D eigenvalue weighted by atomic mass is 10.4. The smallest absolute Gasteiger partial charge is 0.148 e. The van der Waals surface area contributed by atoms with Crippen molar-refractivity contribution in [3.8, 4) is 0 Å². The summed E-state index contributed by atoms with van der Waals surface area (Å²) in [6.45, 7) is 1.94. The predicted molar refractivity (Wildman–Crippen MR) is 61.2 cm³/mol. The molecule has 1 aliphatic carbocycles. The largest absolute Gasteiger partial charge is 0.369 e. The van der Waals surface area contributed by atoms with Crippen LogP contribution in [0.4, 0.5) is 5.82 Å². The van der Waals surface area contributed by atoms with E-state index in [1.54, 1.807) is 6.20 Å². The molecule has 0 bridgehead atoms. The molecule has 0 aliphatic heterocycles. The molecule has 1 fully saturated rings. The lowest BCUT2D eigenvalue weighted by Gasteiger charge is -2.06. The number of hydrogen-bond acceptors (Lipinski definition) is 4. The van der Waals surface area contributed by atoms with Crippen LogP contribution in [-0.2, 0) is 0 Å². The van der Waals surface area contributed by atoms with Gasteiger partial charge in [-0.3, -0.25) is 0 Å². The van der Waals surface area contributed by atoms with E-state index in [1.165, 1.54) is 19.2 Å². The Hall–Kier alpha value is -0.870. The molecular weight excluding hydrogens is 212 g/mol. The molecule has 1 aromatic heterocycles. The van der Waals surface area contributed by atoms with E-state index in [1.807, 2.05) is 0 Å². The first kappa shape index (κ1) is 10.6. The molecule has 1 aliphatic rings. The molecule has 15 heavy (non-hydrogen) atoms. The lowest BCUT2D eigenvalue weighted by Crippen LogP contribution is -2.20. The second-order valence-corrected chi connectivity index (χ2v) is 4.14. The summed E-state index contributed by atoms with van der Waals surface area (Å²) >= 11 is 5.89. The first-order valence-electron chi connectivity index (χ1n) is 5.29. The van der Waals surface area contributed by atoms with Crippen LogP contribution < -0.4 is 10.6 Å². The van der Waals surface area contributed by atoms with E-state index in [4.69, 9.17) is 11.6 Å². The van der Waals surface area contributed by atoms with Crippen molar-refractivity contribution in [2.24, 2.45) is 0 Å². The van der Waals surface area contributed by atoms with Gasteiger partial charge in [-0.05, 0) is 25.8 Å². The van der Waals surface area contributed by atoms with Crippen molar-refractivity contribution >= 4 is 17.4 Å². The highest BCUT2D eigenvalue weighted by molar-refractivity contribution is 6.32. The maximum Gasteiger partial charge on any atom is 0.148 e. The zero-order valence-electron chi connectivity index (χ0n) is 8.54. The maximum absolute atomic E-state index is 5.89. The molecule has 2 rings (SSSR count). The standard InChI is InChI=1S/C10H15ClN4/c11-9-6-12-7-15-10(9)14-5-1-4-13-8-2-3-8/h6-8,13H,1-5H2,(H,12,14,15). The summed E-state index contributed by atoms with van der Waals surface area (Å²) in [6, 6.07) is 0.785. The number of aromatic nitrogens is 2. The predicted octanol–water partition coefficient (Wildman–Crippen LogP) is 1.68. The van der Waals surface area contributed by atoms with Crippen molar-refractivity contribution in [1.29, 1.82) is 0 Å². The average molecular weight is 227 g/mol. The van der Waals surface area contributed by atoms with Gasteiger partial charge in [-0.15, -0.1) is 0 Å². The molecule has 4 nitrogen and oxygen atoms in total. The Morgan fingerprint density at radius 3 is 3.00 bits per heavy atom. The maximum atomic E-state index is 5.89. The number of hydrogen-bond donors (Lipinski definition) is 2. The summed E-state index contributed by atoms with van der Waals surface area (Å²) < 4.78 is 0. The van der Waals surface area contributed by atoms with Gasteiger partial charge in [0, 0.05) is 12.6 Å². The van der Waals surface area contributed by atoms with Gasteiger partial charge in [-0.25, -0.2) is 9.97 Å². The quantitative estimate of drug-likeness (QED) is 0.725. The molecule has 0 saturated heterocycles. The fourth-order valence-corrected chi connectivity index (χ4v) is 1.50. The Kier molecular flexibility index (Phi) is 3.75. The average Bonchev–Trinajstić information content (AvgIpc) is 3.04. The monoisotopic (exact) mass is 226 g/mol. The van der Waals surface area contributed by atoms with Gasteiger partial charge in [0.15, 0.2) is 0 Å². The van der Waals surface area contributed by atoms with E-state index in [0.717, 1.165) is 31.4 Å². The molecule has 0 atom stereocenters. The molecule has 0 radical (unpaired) electrons. The Bertz CT molecular complexity index is 314. The van der Waals surface area contributed by atoms with Crippen LogP contribution in [0.25, 0.3) is 0 Å². The summed E-state index contributed by atoms with van der Waals surface area (Å²) in [4.78, 5) is 7.87. The van der Waals surface area contributed by atoms with Crippen LogP contribution in [0.1, 0.15) is 19.3 Å². The minimum atomic E-state index is 0.577. The number of anilines is 1. The SMILES string of the molecule is Clc1cncnc1NCCCNC1CC1. The normalized spacial score (nSPS) is 15.3. The number of rotatable bonds is 6. The second-order valence-electron chi connectivity index (χ2n) is 3.73. The van der Waals surface area contributed by atoms with E-state index in [-0.39, 0.29) is 0 Å². The zero-order valence-corrected chi connectivity index (χ0v) is 9.30. The summed E-state index contributed by atoms with van der Waals surface area (Å²) in [6.07, 6.45) is 6.85. The second kappa shape index (κ2) is 5.28. The molecule has 82 valence electrons. The van der Waals surface area contributed by atoms with E-state index >= 15 is 0 Å². The first-order chi connectivity index (χ1) is 7.36. The third-order valence-corrected chi connectivity index (χ3v) is 2.60. The van der Waals surface area contributed by atoms with Crippen molar-refractivity contribution < 1.29 is 0 Å². The fraction of sp³-hybridized carbons (Fsp3) is 0.600. The molecule has 0 aromatic carbocycles. The number of halogens is 1. The lowest BCUT2D eigenvalue weighted by molar-refractivity contribution is 0.658.